The number of fused-ring (bicyclic) bond motifs is 1. The number of rotatable bonds is 5. The molecule has 1 amide bonds. The van der Waals surface area contributed by atoms with E-state index >= 15 is 0 Å². The van der Waals surface area contributed by atoms with Gasteiger partial charge in [0.25, 0.3) is 0 Å². The number of aromatic amines is 1. The smallest absolute Gasteiger partial charge is 0.244 e. The van der Waals surface area contributed by atoms with E-state index in [1.54, 1.807) is 18.3 Å². The number of pyridine rings is 1. The molecular formula is C19H17N3O. The van der Waals surface area contributed by atoms with E-state index in [4.69, 9.17) is 0 Å². The zero-order valence-electron chi connectivity index (χ0n) is 12.6. The molecule has 0 saturated heterocycles. The van der Waals surface area contributed by atoms with E-state index in [-0.39, 0.29) is 11.9 Å². The predicted octanol–water partition coefficient (Wildman–Crippen LogP) is 3.62. The van der Waals surface area contributed by atoms with Crippen LogP contribution in [-0.2, 0) is 4.79 Å². The number of nitrogens with one attached hydrogen (secondary N) is 2. The van der Waals surface area contributed by atoms with Gasteiger partial charge in [0.2, 0.25) is 5.91 Å². The van der Waals surface area contributed by atoms with Crippen molar-refractivity contribution in [3.63, 3.8) is 0 Å². The highest BCUT2D eigenvalue weighted by atomic mass is 16.1. The molecule has 0 bridgehead atoms. The molecule has 1 atom stereocenters. The Morgan fingerprint density at radius 2 is 2.04 bits per heavy atom. The predicted molar refractivity (Wildman–Crippen MR) is 92.7 cm³/mol. The van der Waals surface area contributed by atoms with Gasteiger partial charge in [-0.3, -0.25) is 4.79 Å². The maximum atomic E-state index is 12.1. The second-order valence-electron chi connectivity index (χ2n) is 5.11. The summed E-state index contributed by atoms with van der Waals surface area (Å²) < 4.78 is 0. The Labute approximate surface area is 134 Å². The van der Waals surface area contributed by atoms with E-state index in [0.29, 0.717) is 0 Å². The summed E-state index contributed by atoms with van der Waals surface area (Å²) in [4.78, 5) is 19.5. The average Bonchev–Trinajstić information content (AvgIpc) is 3.02. The first-order valence-electron chi connectivity index (χ1n) is 7.36. The summed E-state index contributed by atoms with van der Waals surface area (Å²) in [5.74, 6) is -0.169. The number of hydrogen-bond acceptors (Lipinski definition) is 2. The number of amides is 1. The Balaban J connectivity index is 1.72. The van der Waals surface area contributed by atoms with Crippen LogP contribution in [0.3, 0.4) is 0 Å². The lowest BCUT2D eigenvalue weighted by atomic mass is 10.1. The van der Waals surface area contributed by atoms with Crippen LogP contribution in [0.5, 0.6) is 0 Å². The van der Waals surface area contributed by atoms with Crippen LogP contribution in [0.4, 0.5) is 0 Å². The van der Waals surface area contributed by atoms with E-state index in [1.807, 2.05) is 48.7 Å². The molecule has 2 N–H and O–H groups in total. The van der Waals surface area contributed by atoms with Crippen molar-refractivity contribution in [2.45, 2.75) is 6.04 Å². The van der Waals surface area contributed by atoms with Crippen LogP contribution >= 0.6 is 0 Å². The highest BCUT2D eigenvalue weighted by molar-refractivity contribution is 5.95. The van der Waals surface area contributed by atoms with Gasteiger partial charge in [-0.05, 0) is 23.8 Å². The summed E-state index contributed by atoms with van der Waals surface area (Å²) >= 11 is 0. The molecule has 3 rings (SSSR count). The van der Waals surface area contributed by atoms with Gasteiger partial charge in [0, 0.05) is 29.4 Å². The molecule has 0 saturated carbocycles. The standard InChI is InChI=1S/C19H17N3O/c1-2-17(14-7-4-3-5-8-14)22-18(23)11-10-15-13-21-19-16(15)9-6-12-20-19/h2-13,17H,1H2,(H,20,21)(H,22,23)/b11-10+. The van der Waals surface area contributed by atoms with Gasteiger partial charge in [-0.2, -0.15) is 0 Å². The molecule has 2 heterocycles. The Morgan fingerprint density at radius 3 is 2.83 bits per heavy atom. The van der Waals surface area contributed by atoms with Crippen LogP contribution < -0.4 is 5.32 Å². The lowest BCUT2D eigenvalue weighted by Crippen LogP contribution is -2.25. The summed E-state index contributed by atoms with van der Waals surface area (Å²) in [6.07, 6.45) is 8.59. The minimum absolute atomic E-state index is 0.169. The number of aromatic nitrogens is 2. The second-order valence-corrected chi connectivity index (χ2v) is 5.11. The van der Waals surface area contributed by atoms with Crippen molar-refractivity contribution >= 4 is 23.0 Å². The normalized spacial score (nSPS) is 12.3. The molecule has 0 aliphatic carbocycles. The fourth-order valence-corrected chi connectivity index (χ4v) is 2.42. The Hall–Kier alpha value is -3.14. The fourth-order valence-electron chi connectivity index (χ4n) is 2.42. The molecular weight excluding hydrogens is 286 g/mol. The SMILES string of the molecule is C=CC(NC(=O)/C=C/c1c[nH]c2ncccc12)c1ccccc1. The third kappa shape index (κ3) is 3.37. The van der Waals surface area contributed by atoms with E-state index in [1.165, 1.54) is 6.08 Å². The molecule has 4 heteroatoms. The van der Waals surface area contributed by atoms with Crippen LogP contribution in [0, 0.1) is 0 Å². The Bertz CT molecular complexity index is 849. The molecule has 0 aliphatic rings. The highest BCUT2D eigenvalue weighted by Gasteiger charge is 2.09. The summed E-state index contributed by atoms with van der Waals surface area (Å²) in [6, 6.07) is 13.4. The van der Waals surface area contributed by atoms with Crippen molar-refractivity contribution in [1.82, 2.24) is 15.3 Å². The zero-order chi connectivity index (χ0) is 16.1. The summed E-state index contributed by atoms with van der Waals surface area (Å²) in [5.41, 5.74) is 2.74. The van der Waals surface area contributed by atoms with Crippen LogP contribution in [0.15, 0.2) is 73.6 Å². The van der Waals surface area contributed by atoms with Crippen molar-refractivity contribution in [2.75, 3.05) is 0 Å². The maximum Gasteiger partial charge on any atom is 0.244 e. The Kier molecular flexibility index (Phi) is 4.34. The molecule has 1 aromatic carbocycles. The van der Waals surface area contributed by atoms with Crippen molar-refractivity contribution in [3.8, 4) is 0 Å². The van der Waals surface area contributed by atoms with Gasteiger partial charge in [-0.15, -0.1) is 6.58 Å². The molecule has 0 fully saturated rings. The minimum atomic E-state index is -0.210. The molecule has 0 spiro atoms. The number of benzene rings is 1. The van der Waals surface area contributed by atoms with E-state index in [9.17, 15) is 4.79 Å². The van der Waals surface area contributed by atoms with Crippen LogP contribution in [0.2, 0.25) is 0 Å². The molecule has 1 unspecified atom stereocenters. The second kappa shape index (κ2) is 6.75. The number of hydrogen-bond donors (Lipinski definition) is 2. The lowest BCUT2D eigenvalue weighted by Gasteiger charge is -2.13. The number of H-pyrrole nitrogens is 1. The van der Waals surface area contributed by atoms with Crippen LogP contribution in [-0.4, -0.2) is 15.9 Å². The molecule has 114 valence electrons. The average molecular weight is 303 g/mol. The minimum Gasteiger partial charge on any atom is -0.346 e. The van der Waals surface area contributed by atoms with E-state index in [0.717, 1.165) is 22.2 Å². The molecule has 0 aliphatic heterocycles. The number of carbonyl (C=O) groups is 1. The lowest BCUT2D eigenvalue weighted by molar-refractivity contribution is -0.116. The van der Waals surface area contributed by atoms with Gasteiger partial charge in [0.05, 0.1) is 6.04 Å². The van der Waals surface area contributed by atoms with Crippen LogP contribution in [0.25, 0.3) is 17.1 Å². The summed E-state index contributed by atoms with van der Waals surface area (Å²) in [5, 5.41) is 3.91. The summed E-state index contributed by atoms with van der Waals surface area (Å²) in [6.45, 7) is 3.79. The monoisotopic (exact) mass is 303 g/mol. The van der Waals surface area contributed by atoms with Crippen molar-refractivity contribution in [2.24, 2.45) is 0 Å². The number of carbonyl (C=O) groups excluding carboxylic acids is 1. The van der Waals surface area contributed by atoms with Gasteiger partial charge >= 0.3 is 0 Å². The van der Waals surface area contributed by atoms with E-state index in [2.05, 4.69) is 21.9 Å². The largest absolute Gasteiger partial charge is 0.346 e. The van der Waals surface area contributed by atoms with E-state index < -0.39 is 0 Å². The first-order chi connectivity index (χ1) is 11.3. The van der Waals surface area contributed by atoms with Gasteiger partial charge < -0.3 is 10.3 Å². The maximum absolute atomic E-state index is 12.1. The van der Waals surface area contributed by atoms with Crippen LogP contribution in [0.1, 0.15) is 17.2 Å². The third-order valence-corrected chi connectivity index (χ3v) is 3.59. The van der Waals surface area contributed by atoms with Gasteiger partial charge in [0.1, 0.15) is 5.65 Å². The van der Waals surface area contributed by atoms with Gasteiger partial charge in [0.15, 0.2) is 0 Å². The van der Waals surface area contributed by atoms with Crippen molar-refractivity contribution in [1.29, 1.82) is 0 Å². The van der Waals surface area contributed by atoms with Gasteiger partial charge in [-0.1, -0.05) is 36.4 Å². The highest BCUT2D eigenvalue weighted by Crippen LogP contribution is 2.17. The third-order valence-electron chi connectivity index (χ3n) is 3.59. The molecule has 2 aromatic heterocycles. The number of nitrogens with zero attached hydrogens (tertiary/aromatic N) is 1. The van der Waals surface area contributed by atoms with Gasteiger partial charge in [-0.25, -0.2) is 4.98 Å². The molecule has 3 aromatic rings. The topological polar surface area (TPSA) is 57.8 Å². The fraction of sp³-hybridized carbons (Fsp3) is 0.0526. The quantitative estimate of drug-likeness (QED) is 0.558. The first kappa shape index (κ1) is 14.8. The van der Waals surface area contributed by atoms with Crippen molar-refractivity contribution in [3.05, 3.63) is 84.7 Å². The first-order valence-corrected chi connectivity index (χ1v) is 7.36. The Morgan fingerprint density at radius 1 is 1.22 bits per heavy atom. The molecule has 4 nitrogen and oxygen atoms in total. The summed E-state index contributed by atoms with van der Waals surface area (Å²) in [7, 11) is 0. The molecule has 0 radical (unpaired) electrons. The molecule has 23 heavy (non-hydrogen) atoms. The zero-order valence-corrected chi connectivity index (χ0v) is 12.6. The van der Waals surface area contributed by atoms with Crippen molar-refractivity contribution < 1.29 is 4.79 Å².